The van der Waals surface area contributed by atoms with Crippen molar-refractivity contribution in [3.63, 3.8) is 0 Å². The van der Waals surface area contributed by atoms with Crippen molar-refractivity contribution in [3.05, 3.63) is 81.3 Å². The summed E-state index contributed by atoms with van der Waals surface area (Å²) in [5, 5.41) is 2.02. The molecule has 1 aliphatic rings. The summed E-state index contributed by atoms with van der Waals surface area (Å²) >= 11 is 1.66. The molecule has 1 aromatic heterocycles. The van der Waals surface area contributed by atoms with E-state index < -0.39 is 0 Å². The molecule has 3 aromatic rings. The molecular formula is C28H31FN2O5S. The minimum atomic E-state index is -0.337. The van der Waals surface area contributed by atoms with Gasteiger partial charge in [0.2, 0.25) is 5.91 Å². The van der Waals surface area contributed by atoms with Gasteiger partial charge in [-0.1, -0.05) is 12.1 Å². The molecule has 0 N–H and O–H groups in total. The summed E-state index contributed by atoms with van der Waals surface area (Å²) < 4.78 is 29.5. The van der Waals surface area contributed by atoms with E-state index in [-0.39, 0.29) is 30.2 Å². The van der Waals surface area contributed by atoms with Crippen LogP contribution in [0.1, 0.15) is 38.8 Å². The van der Waals surface area contributed by atoms with Gasteiger partial charge in [-0.05, 0) is 59.7 Å². The molecule has 1 atom stereocenters. The molecular weight excluding hydrogens is 495 g/mol. The number of rotatable bonds is 10. The molecule has 1 aliphatic heterocycles. The number of nitrogens with zero attached hydrogens (tertiary/aromatic N) is 2. The predicted molar refractivity (Wildman–Crippen MR) is 140 cm³/mol. The van der Waals surface area contributed by atoms with Crippen LogP contribution in [0.2, 0.25) is 0 Å². The third-order valence-corrected chi connectivity index (χ3v) is 7.46. The number of carbonyl (C=O) groups excluding carboxylic acids is 2. The number of amides is 2. The van der Waals surface area contributed by atoms with E-state index in [1.165, 1.54) is 31.2 Å². The highest BCUT2D eigenvalue weighted by Crippen LogP contribution is 2.38. The minimum Gasteiger partial charge on any atom is -0.497 e. The van der Waals surface area contributed by atoms with Crippen LogP contribution in [0.3, 0.4) is 0 Å². The third-order valence-electron chi connectivity index (χ3n) is 6.46. The van der Waals surface area contributed by atoms with Crippen molar-refractivity contribution in [1.82, 2.24) is 9.80 Å². The van der Waals surface area contributed by atoms with Crippen molar-refractivity contribution in [3.8, 4) is 11.5 Å². The van der Waals surface area contributed by atoms with Crippen LogP contribution in [0, 0.1) is 5.82 Å². The maximum Gasteiger partial charge on any atom is 0.254 e. The van der Waals surface area contributed by atoms with Gasteiger partial charge in [0, 0.05) is 43.3 Å². The Bertz CT molecular complexity index is 1210. The summed E-state index contributed by atoms with van der Waals surface area (Å²) in [6, 6.07) is 12.9. The van der Waals surface area contributed by atoms with Crippen molar-refractivity contribution in [2.45, 2.75) is 18.9 Å². The quantitative estimate of drug-likeness (QED) is 0.363. The molecule has 2 heterocycles. The van der Waals surface area contributed by atoms with E-state index in [9.17, 15) is 14.0 Å². The zero-order valence-corrected chi connectivity index (χ0v) is 22.1. The Hall–Kier alpha value is -3.43. The number of methoxy groups -OCH3 is 3. The molecule has 0 bridgehead atoms. The van der Waals surface area contributed by atoms with Crippen molar-refractivity contribution in [2.24, 2.45) is 0 Å². The van der Waals surface area contributed by atoms with Gasteiger partial charge < -0.3 is 24.0 Å². The van der Waals surface area contributed by atoms with Crippen LogP contribution in [0.25, 0.3) is 0 Å². The second-order valence-corrected chi connectivity index (χ2v) is 9.77. The van der Waals surface area contributed by atoms with E-state index in [0.717, 1.165) is 17.5 Å². The molecule has 2 amide bonds. The highest BCUT2D eigenvalue weighted by molar-refractivity contribution is 7.10. The zero-order valence-electron chi connectivity index (χ0n) is 21.2. The zero-order chi connectivity index (χ0) is 26.4. The van der Waals surface area contributed by atoms with Crippen LogP contribution < -0.4 is 9.47 Å². The van der Waals surface area contributed by atoms with Gasteiger partial charge in [-0.15, -0.1) is 11.3 Å². The molecule has 1 unspecified atom stereocenters. The average Bonchev–Trinajstić information content (AvgIpc) is 3.41. The number of carbonyl (C=O) groups is 2. The minimum absolute atomic E-state index is 0.0980. The van der Waals surface area contributed by atoms with E-state index >= 15 is 0 Å². The molecule has 0 saturated carbocycles. The van der Waals surface area contributed by atoms with E-state index in [2.05, 4.69) is 0 Å². The molecule has 0 saturated heterocycles. The molecule has 0 aliphatic carbocycles. The summed E-state index contributed by atoms with van der Waals surface area (Å²) in [7, 11) is 4.64. The van der Waals surface area contributed by atoms with Gasteiger partial charge in [-0.3, -0.25) is 9.59 Å². The van der Waals surface area contributed by atoms with E-state index in [0.29, 0.717) is 43.2 Å². The number of fused-ring (bicyclic) bond motifs is 1. The van der Waals surface area contributed by atoms with Crippen LogP contribution in [0.5, 0.6) is 11.5 Å². The largest absolute Gasteiger partial charge is 0.497 e. The lowest BCUT2D eigenvalue weighted by Gasteiger charge is -2.37. The molecule has 0 spiro atoms. The maximum atomic E-state index is 13.8. The van der Waals surface area contributed by atoms with Gasteiger partial charge in [0.25, 0.3) is 5.91 Å². The van der Waals surface area contributed by atoms with Gasteiger partial charge >= 0.3 is 0 Å². The second-order valence-electron chi connectivity index (χ2n) is 8.76. The molecule has 0 radical (unpaired) electrons. The van der Waals surface area contributed by atoms with Gasteiger partial charge in [0.05, 0.1) is 20.3 Å². The molecule has 196 valence electrons. The maximum absolute atomic E-state index is 13.8. The van der Waals surface area contributed by atoms with Crippen LogP contribution >= 0.6 is 11.3 Å². The normalized spacial score (nSPS) is 14.7. The van der Waals surface area contributed by atoms with Crippen LogP contribution in [0.15, 0.2) is 53.9 Å². The molecule has 9 heteroatoms. The first kappa shape index (κ1) is 26.6. The fraction of sp³-hybridized carbons (Fsp3) is 0.357. The van der Waals surface area contributed by atoms with Crippen molar-refractivity contribution < 1.29 is 28.2 Å². The number of benzene rings is 2. The van der Waals surface area contributed by atoms with E-state index in [4.69, 9.17) is 14.2 Å². The molecule has 37 heavy (non-hydrogen) atoms. The number of hydrogen-bond donors (Lipinski definition) is 0. The SMILES string of the molecule is COCCCN(CC(=O)N1CCc2sccc2C1c1ccc(F)cc1)C(=O)c1cc(OC)cc(OC)c1. The first-order chi connectivity index (χ1) is 17.9. The molecule has 4 rings (SSSR count). The van der Waals surface area contributed by atoms with E-state index in [1.807, 2.05) is 11.4 Å². The lowest BCUT2D eigenvalue weighted by Crippen LogP contribution is -2.47. The highest BCUT2D eigenvalue weighted by Gasteiger charge is 2.34. The Balaban J connectivity index is 1.62. The lowest BCUT2D eigenvalue weighted by molar-refractivity contribution is -0.134. The summed E-state index contributed by atoms with van der Waals surface area (Å²) in [4.78, 5) is 31.9. The number of ether oxygens (including phenoxy) is 3. The van der Waals surface area contributed by atoms with Gasteiger partial charge in [0.1, 0.15) is 23.9 Å². The lowest BCUT2D eigenvalue weighted by atomic mass is 9.93. The first-order valence-electron chi connectivity index (χ1n) is 12.1. The monoisotopic (exact) mass is 526 g/mol. The summed E-state index contributed by atoms with van der Waals surface area (Å²) in [6.45, 7) is 1.22. The summed E-state index contributed by atoms with van der Waals surface area (Å²) in [5.74, 6) is 0.179. The second kappa shape index (κ2) is 12.2. The molecule has 2 aromatic carbocycles. The highest BCUT2D eigenvalue weighted by atomic mass is 32.1. The number of halogens is 1. The van der Waals surface area contributed by atoms with Crippen molar-refractivity contribution in [2.75, 3.05) is 47.6 Å². The van der Waals surface area contributed by atoms with Gasteiger partial charge in [-0.2, -0.15) is 0 Å². The number of hydrogen-bond acceptors (Lipinski definition) is 6. The van der Waals surface area contributed by atoms with Crippen molar-refractivity contribution in [1.29, 1.82) is 0 Å². The standard InChI is InChI=1S/C28H31FN2O5S/c1-34-13-4-11-30(28(33)20-15-22(35-2)17-23(16-20)36-3)18-26(32)31-12-9-25-24(10-14-37-25)27(31)19-5-7-21(29)8-6-19/h5-8,10,14-17,27H,4,9,11-13,18H2,1-3H3. The van der Waals surface area contributed by atoms with Crippen LogP contribution in [-0.2, 0) is 16.0 Å². The van der Waals surface area contributed by atoms with Crippen molar-refractivity contribution >= 4 is 23.2 Å². The summed E-state index contributed by atoms with van der Waals surface area (Å²) in [5.41, 5.74) is 2.25. The molecule has 7 nitrogen and oxygen atoms in total. The topological polar surface area (TPSA) is 68.3 Å². The average molecular weight is 527 g/mol. The van der Waals surface area contributed by atoms with Crippen LogP contribution in [0.4, 0.5) is 4.39 Å². The Morgan fingerprint density at radius 2 is 1.76 bits per heavy atom. The summed E-state index contributed by atoms with van der Waals surface area (Å²) in [6.07, 6.45) is 1.31. The fourth-order valence-electron chi connectivity index (χ4n) is 4.61. The Labute approximate surface area is 220 Å². The fourth-order valence-corrected chi connectivity index (χ4v) is 5.51. The van der Waals surface area contributed by atoms with Gasteiger partial charge in [0.15, 0.2) is 0 Å². The van der Waals surface area contributed by atoms with Gasteiger partial charge in [-0.25, -0.2) is 4.39 Å². The van der Waals surface area contributed by atoms with Crippen LogP contribution in [-0.4, -0.2) is 69.2 Å². The van der Waals surface area contributed by atoms with E-state index in [1.54, 1.807) is 58.6 Å². The Morgan fingerprint density at radius 3 is 2.41 bits per heavy atom. The first-order valence-corrected chi connectivity index (χ1v) is 13.0. The third kappa shape index (κ3) is 6.11. The Kier molecular flexibility index (Phi) is 8.78. The smallest absolute Gasteiger partial charge is 0.254 e. The predicted octanol–water partition coefficient (Wildman–Crippen LogP) is 4.56. The number of thiophene rings is 1. The molecule has 0 fully saturated rings. The Morgan fingerprint density at radius 1 is 1.05 bits per heavy atom.